The van der Waals surface area contributed by atoms with E-state index in [1.54, 1.807) is 0 Å². The molecule has 1 amide bonds. The highest BCUT2D eigenvalue weighted by atomic mass is 19.2. The zero-order valence-corrected chi connectivity index (χ0v) is 7.38. The quantitative estimate of drug-likeness (QED) is 0.656. The van der Waals surface area contributed by atoms with Crippen LogP contribution in [0.4, 0.5) is 18.9 Å². The van der Waals surface area contributed by atoms with Crippen LogP contribution in [0, 0.1) is 17.5 Å². The van der Waals surface area contributed by atoms with E-state index in [0.29, 0.717) is 0 Å². The van der Waals surface area contributed by atoms with E-state index in [0.717, 1.165) is 17.1 Å². The molecule has 0 saturated heterocycles. The zero-order chi connectivity index (χ0) is 11.0. The second kappa shape index (κ2) is 3.38. The van der Waals surface area contributed by atoms with Gasteiger partial charge in [0.25, 0.3) is 5.91 Å². The van der Waals surface area contributed by atoms with Crippen LogP contribution in [0.3, 0.4) is 0 Å². The maximum Gasteiger partial charge on any atom is 0.252 e. The van der Waals surface area contributed by atoms with Gasteiger partial charge in [0.15, 0.2) is 17.5 Å². The van der Waals surface area contributed by atoms with Crippen LogP contribution >= 0.6 is 0 Å². The van der Waals surface area contributed by atoms with Gasteiger partial charge in [-0.15, -0.1) is 0 Å². The van der Waals surface area contributed by atoms with Crippen molar-refractivity contribution in [2.75, 3.05) is 5.01 Å². The summed E-state index contributed by atoms with van der Waals surface area (Å²) < 4.78 is 38.2. The van der Waals surface area contributed by atoms with E-state index in [-0.39, 0.29) is 12.1 Å². The van der Waals surface area contributed by atoms with Gasteiger partial charge in [0.1, 0.15) is 0 Å². The molecule has 0 aromatic heterocycles. The molecular formula is C9H5F3N2O. The van der Waals surface area contributed by atoms with Crippen molar-refractivity contribution in [2.24, 2.45) is 5.10 Å². The van der Waals surface area contributed by atoms with E-state index >= 15 is 0 Å². The lowest BCUT2D eigenvalue weighted by atomic mass is 10.2. The minimum absolute atomic E-state index is 0.0701. The summed E-state index contributed by atoms with van der Waals surface area (Å²) in [4.78, 5) is 11.1. The number of hydrazone groups is 1. The fourth-order valence-electron chi connectivity index (χ4n) is 1.23. The Labute approximate surface area is 82.8 Å². The molecule has 6 heteroatoms. The van der Waals surface area contributed by atoms with Crippen LogP contribution in [-0.4, -0.2) is 12.1 Å². The maximum absolute atomic E-state index is 12.8. The first-order chi connectivity index (χ1) is 7.09. The number of hydrogen-bond donors (Lipinski definition) is 0. The Bertz CT molecular complexity index is 436. The summed E-state index contributed by atoms with van der Waals surface area (Å²) in [5, 5.41) is 4.43. The molecule has 0 aliphatic carbocycles. The van der Waals surface area contributed by atoms with Gasteiger partial charge in [0.05, 0.1) is 12.1 Å². The summed E-state index contributed by atoms with van der Waals surface area (Å²) in [6.07, 6.45) is 1.38. The number of nitrogens with zero attached hydrogens (tertiary/aromatic N) is 2. The van der Waals surface area contributed by atoms with E-state index in [1.165, 1.54) is 6.21 Å². The number of carbonyl (C=O) groups is 1. The Morgan fingerprint density at radius 2 is 1.80 bits per heavy atom. The largest absolute Gasteiger partial charge is 0.272 e. The average molecular weight is 214 g/mol. The van der Waals surface area contributed by atoms with Gasteiger partial charge in [0.2, 0.25) is 0 Å². The van der Waals surface area contributed by atoms with E-state index in [9.17, 15) is 18.0 Å². The third-order valence-electron chi connectivity index (χ3n) is 1.91. The first-order valence-electron chi connectivity index (χ1n) is 4.09. The summed E-state index contributed by atoms with van der Waals surface area (Å²) in [5.41, 5.74) is -0.120. The minimum atomic E-state index is -1.56. The van der Waals surface area contributed by atoms with Gasteiger partial charge >= 0.3 is 0 Å². The van der Waals surface area contributed by atoms with Crippen molar-refractivity contribution in [3.63, 3.8) is 0 Å². The SMILES string of the molecule is O=C1CC=NN1c1cc(F)c(F)c(F)c1. The van der Waals surface area contributed by atoms with Gasteiger partial charge in [0, 0.05) is 18.3 Å². The summed E-state index contributed by atoms with van der Waals surface area (Å²) in [7, 11) is 0. The highest BCUT2D eigenvalue weighted by Crippen LogP contribution is 2.23. The summed E-state index contributed by atoms with van der Waals surface area (Å²) in [5.74, 6) is -4.67. The molecular weight excluding hydrogens is 209 g/mol. The molecule has 2 rings (SSSR count). The minimum Gasteiger partial charge on any atom is -0.272 e. The highest BCUT2D eigenvalue weighted by molar-refractivity contribution is 6.05. The third-order valence-corrected chi connectivity index (χ3v) is 1.91. The fraction of sp³-hybridized carbons (Fsp3) is 0.111. The van der Waals surface area contributed by atoms with Crippen molar-refractivity contribution in [2.45, 2.75) is 6.42 Å². The molecule has 1 aliphatic rings. The normalized spacial score (nSPS) is 15.1. The molecule has 0 bridgehead atoms. The topological polar surface area (TPSA) is 32.7 Å². The van der Waals surface area contributed by atoms with E-state index < -0.39 is 23.4 Å². The number of hydrogen-bond acceptors (Lipinski definition) is 2. The molecule has 0 fully saturated rings. The van der Waals surface area contributed by atoms with Crippen LogP contribution in [0.15, 0.2) is 17.2 Å². The molecule has 1 heterocycles. The van der Waals surface area contributed by atoms with E-state index in [4.69, 9.17) is 0 Å². The van der Waals surface area contributed by atoms with Gasteiger partial charge in [-0.1, -0.05) is 0 Å². The molecule has 0 radical (unpaired) electrons. The molecule has 0 N–H and O–H groups in total. The van der Waals surface area contributed by atoms with Crippen molar-refractivity contribution in [3.05, 3.63) is 29.6 Å². The van der Waals surface area contributed by atoms with Gasteiger partial charge in [-0.25, -0.2) is 18.2 Å². The third kappa shape index (κ3) is 1.58. The van der Waals surface area contributed by atoms with Crippen molar-refractivity contribution >= 4 is 17.8 Å². The predicted octanol–water partition coefficient (Wildman–Crippen LogP) is 1.83. The van der Waals surface area contributed by atoms with Crippen LogP contribution in [0.1, 0.15) is 6.42 Å². The molecule has 0 saturated carbocycles. The Morgan fingerprint density at radius 3 is 2.27 bits per heavy atom. The number of carbonyl (C=O) groups excluding carboxylic acids is 1. The van der Waals surface area contributed by atoms with Crippen LogP contribution in [0.5, 0.6) is 0 Å². The van der Waals surface area contributed by atoms with Crippen molar-refractivity contribution in [1.82, 2.24) is 0 Å². The second-order valence-corrected chi connectivity index (χ2v) is 2.93. The van der Waals surface area contributed by atoms with Gasteiger partial charge in [-0.3, -0.25) is 4.79 Å². The molecule has 15 heavy (non-hydrogen) atoms. The standard InChI is InChI=1S/C9H5F3N2O/c10-6-3-5(4-7(11)9(6)12)14-8(15)1-2-13-14/h2-4H,1H2. The molecule has 1 aliphatic heterocycles. The lowest BCUT2D eigenvalue weighted by Gasteiger charge is -2.11. The van der Waals surface area contributed by atoms with Gasteiger partial charge in [-0.2, -0.15) is 5.10 Å². The number of anilines is 1. The Kier molecular flexibility index (Phi) is 2.18. The fourth-order valence-corrected chi connectivity index (χ4v) is 1.23. The predicted molar refractivity (Wildman–Crippen MR) is 46.9 cm³/mol. The van der Waals surface area contributed by atoms with Crippen LogP contribution < -0.4 is 5.01 Å². The number of rotatable bonds is 1. The number of halogens is 3. The van der Waals surface area contributed by atoms with Crippen molar-refractivity contribution in [3.8, 4) is 0 Å². The van der Waals surface area contributed by atoms with Crippen molar-refractivity contribution in [1.29, 1.82) is 0 Å². The zero-order valence-electron chi connectivity index (χ0n) is 7.38. The molecule has 0 unspecified atom stereocenters. The van der Waals surface area contributed by atoms with Crippen LogP contribution in [0.2, 0.25) is 0 Å². The Balaban J connectivity index is 2.45. The maximum atomic E-state index is 12.8. The lowest BCUT2D eigenvalue weighted by Crippen LogP contribution is -2.20. The first kappa shape index (κ1) is 9.70. The average Bonchev–Trinajstić information content (AvgIpc) is 2.60. The molecule has 1 aromatic rings. The summed E-state index contributed by atoms with van der Waals surface area (Å²) >= 11 is 0. The molecule has 78 valence electrons. The Hall–Kier alpha value is -1.85. The van der Waals surface area contributed by atoms with Crippen molar-refractivity contribution < 1.29 is 18.0 Å². The van der Waals surface area contributed by atoms with E-state index in [2.05, 4.69) is 5.10 Å². The summed E-state index contributed by atoms with van der Waals surface area (Å²) in [6.45, 7) is 0. The smallest absolute Gasteiger partial charge is 0.252 e. The first-order valence-corrected chi connectivity index (χ1v) is 4.09. The molecule has 0 spiro atoms. The monoisotopic (exact) mass is 214 g/mol. The molecule has 3 nitrogen and oxygen atoms in total. The van der Waals surface area contributed by atoms with E-state index in [1.807, 2.05) is 0 Å². The molecule has 1 aromatic carbocycles. The lowest BCUT2D eigenvalue weighted by molar-refractivity contribution is -0.116. The van der Waals surface area contributed by atoms with Crippen LogP contribution in [0.25, 0.3) is 0 Å². The Morgan fingerprint density at radius 1 is 1.20 bits per heavy atom. The highest BCUT2D eigenvalue weighted by Gasteiger charge is 2.21. The summed E-state index contributed by atoms with van der Waals surface area (Å²) in [6, 6.07) is 1.44. The second-order valence-electron chi connectivity index (χ2n) is 2.93. The molecule has 0 atom stereocenters. The van der Waals surface area contributed by atoms with Gasteiger partial charge < -0.3 is 0 Å². The van der Waals surface area contributed by atoms with Crippen LogP contribution in [-0.2, 0) is 4.79 Å². The number of benzene rings is 1. The van der Waals surface area contributed by atoms with Gasteiger partial charge in [-0.05, 0) is 0 Å². The number of amides is 1.